The Bertz CT molecular complexity index is 588. The van der Waals surface area contributed by atoms with Crippen molar-refractivity contribution < 1.29 is 6.22 Å². The minimum absolute atomic E-state index is 0. The van der Waals surface area contributed by atoms with E-state index in [1.807, 2.05) is 54.6 Å². The zero-order chi connectivity index (χ0) is 14.8. The highest BCUT2D eigenvalue weighted by molar-refractivity contribution is 5.98. The van der Waals surface area contributed by atoms with Gasteiger partial charge in [-0.05, 0) is 35.2 Å². The van der Waals surface area contributed by atoms with E-state index in [1.165, 1.54) is 10.5 Å². The molecule has 0 heterocycles. The van der Waals surface area contributed by atoms with Crippen LogP contribution in [0, 0.1) is 0 Å². The monoisotopic (exact) mass is 269 g/mol. The number of hydrogen-bond donors (Lipinski definition) is 1. The Morgan fingerprint density at radius 3 is 1.90 bits per heavy atom. The lowest BCUT2D eigenvalue weighted by Gasteiger charge is -2.23. The van der Waals surface area contributed by atoms with Crippen molar-refractivity contribution in [3.63, 3.8) is 0 Å². The number of nitrogens with two attached hydrogens (primary N) is 1. The van der Waals surface area contributed by atoms with E-state index in [0.29, 0.717) is 0 Å². The molecule has 3 heteroatoms. The average molecular weight is 269 g/mol. The van der Waals surface area contributed by atoms with E-state index in [4.69, 9.17) is 5.73 Å². The summed E-state index contributed by atoms with van der Waals surface area (Å²) in [6, 6.07) is 16.8. The van der Waals surface area contributed by atoms with Gasteiger partial charge in [0.05, 0.1) is 11.4 Å². The summed E-state index contributed by atoms with van der Waals surface area (Å²) >= 11 is 0. The molecule has 0 aliphatic rings. The molecule has 2 aromatic rings. The quantitative estimate of drug-likeness (QED) is 0.867. The van der Waals surface area contributed by atoms with Gasteiger partial charge >= 0.3 is 7.46 Å². The Morgan fingerprint density at radius 1 is 0.950 bits per heavy atom. The molecule has 0 atom stereocenters. The molecular formula is C17H21N2O+. The number of rotatable bonds is 2. The van der Waals surface area contributed by atoms with Crippen molar-refractivity contribution >= 4 is 17.4 Å². The molecule has 0 saturated heterocycles. The second-order valence-electron chi connectivity index (χ2n) is 5.81. The van der Waals surface area contributed by atoms with Crippen LogP contribution in [0.5, 0.6) is 0 Å². The van der Waals surface area contributed by atoms with Gasteiger partial charge in [-0.15, -0.1) is 0 Å². The van der Waals surface area contributed by atoms with Crippen LogP contribution < -0.4 is 10.6 Å². The number of primary amides is 1. The number of urea groups is 1. The van der Waals surface area contributed by atoms with E-state index >= 15 is 0 Å². The lowest BCUT2D eigenvalue weighted by atomic mass is 9.87. The van der Waals surface area contributed by atoms with Gasteiger partial charge in [-0.2, -0.15) is 0 Å². The van der Waals surface area contributed by atoms with Crippen LogP contribution in [0.2, 0.25) is 0 Å². The smallest absolute Gasteiger partial charge is 0.351 e. The summed E-state index contributed by atoms with van der Waals surface area (Å²) in [5, 5.41) is 0. The number of hydrogen-bond acceptors (Lipinski definition) is 1. The van der Waals surface area contributed by atoms with Crippen molar-refractivity contribution in [2.45, 2.75) is 26.2 Å². The highest BCUT2D eigenvalue weighted by Gasteiger charge is 2.17. The highest BCUT2D eigenvalue weighted by Crippen LogP contribution is 2.28. The molecule has 0 aliphatic heterocycles. The molecule has 0 radical (unpaired) electrons. The van der Waals surface area contributed by atoms with Crippen LogP contribution in [-0.2, 0) is 5.41 Å². The largest absolute Gasteiger partial charge is 1.00 e. The van der Waals surface area contributed by atoms with Crippen LogP contribution in [-0.4, -0.2) is 6.03 Å². The maximum atomic E-state index is 11.7. The van der Waals surface area contributed by atoms with E-state index < -0.39 is 6.03 Å². The Kier molecular flexibility index (Phi) is 3.79. The van der Waals surface area contributed by atoms with Crippen molar-refractivity contribution in [3.05, 3.63) is 60.2 Å². The normalized spacial score (nSPS) is 11.2. The number of carbonyl (C=O) groups excluding carboxylic acids is 1. The molecule has 0 saturated carbocycles. The minimum Gasteiger partial charge on any atom is -0.351 e. The zero-order valence-corrected chi connectivity index (χ0v) is 12.1. The van der Waals surface area contributed by atoms with Crippen LogP contribution in [0.15, 0.2) is 54.6 Å². The van der Waals surface area contributed by atoms with Crippen LogP contribution in [0.4, 0.5) is 16.2 Å². The molecule has 2 N–H and O–H groups in total. The fourth-order valence-corrected chi connectivity index (χ4v) is 2.09. The molecule has 2 rings (SSSR count). The molecule has 3 nitrogen and oxygen atoms in total. The Hall–Kier alpha value is -2.29. The molecule has 2 aromatic carbocycles. The summed E-state index contributed by atoms with van der Waals surface area (Å²) in [7, 11) is 0. The number of nitrogens with zero attached hydrogens (tertiary/aromatic N) is 1. The fourth-order valence-electron chi connectivity index (χ4n) is 2.09. The molecule has 0 spiro atoms. The van der Waals surface area contributed by atoms with E-state index in [1.54, 1.807) is 0 Å². The number of anilines is 2. The van der Waals surface area contributed by atoms with Gasteiger partial charge in [0.25, 0.3) is 0 Å². The maximum Gasteiger partial charge on any atom is 1.00 e. The van der Waals surface area contributed by atoms with Crippen molar-refractivity contribution in [2.24, 2.45) is 5.73 Å². The standard InChI is InChI=1S/C17H20N2O/c1-17(2,3)13-9-11-15(12-10-13)19(16(18)20)14-7-5-4-6-8-14/h4-12H,1-3H3,(H2,18,20)/p+1. The van der Waals surface area contributed by atoms with Gasteiger partial charge in [0.1, 0.15) is 0 Å². The van der Waals surface area contributed by atoms with Crippen LogP contribution >= 0.6 is 0 Å². The maximum absolute atomic E-state index is 11.7. The zero-order valence-electron chi connectivity index (χ0n) is 13.1. The van der Waals surface area contributed by atoms with Crippen molar-refractivity contribution in [2.75, 3.05) is 4.90 Å². The Balaban J connectivity index is 0.00000220. The number of para-hydroxylation sites is 1. The first kappa shape index (κ1) is 14.1. The SMILES string of the molecule is CC(C)(C)c1ccc(N(C(N)=O)c2ccccc2)cc1.[H+]. The second-order valence-corrected chi connectivity index (χ2v) is 5.81. The predicted octanol–water partition coefficient (Wildman–Crippen LogP) is 4.31. The van der Waals surface area contributed by atoms with Gasteiger partial charge < -0.3 is 5.73 Å². The number of amides is 2. The summed E-state index contributed by atoms with van der Waals surface area (Å²) < 4.78 is 0. The first-order valence-electron chi connectivity index (χ1n) is 6.65. The third-order valence-corrected chi connectivity index (χ3v) is 3.23. The lowest BCUT2D eigenvalue weighted by Crippen LogP contribution is -2.31. The van der Waals surface area contributed by atoms with Crippen molar-refractivity contribution in [1.82, 2.24) is 0 Å². The summed E-state index contributed by atoms with van der Waals surface area (Å²) in [6.45, 7) is 6.47. The number of benzene rings is 2. The van der Waals surface area contributed by atoms with Gasteiger partial charge in [0.15, 0.2) is 0 Å². The van der Waals surface area contributed by atoms with E-state index in [0.717, 1.165) is 11.4 Å². The molecule has 2 amide bonds. The summed E-state index contributed by atoms with van der Waals surface area (Å²) in [5.74, 6) is 0. The van der Waals surface area contributed by atoms with Crippen LogP contribution in [0.25, 0.3) is 0 Å². The summed E-state index contributed by atoms with van der Waals surface area (Å²) in [5.41, 5.74) is 8.36. The fraction of sp³-hybridized carbons (Fsp3) is 0.235. The third-order valence-electron chi connectivity index (χ3n) is 3.23. The van der Waals surface area contributed by atoms with Crippen LogP contribution in [0.1, 0.15) is 27.8 Å². The van der Waals surface area contributed by atoms with Crippen molar-refractivity contribution in [3.8, 4) is 0 Å². The third kappa shape index (κ3) is 2.99. The van der Waals surface area contributed by atoms with E-state index in [9.17, 15) is 4.79 Å². The molecule has 20 heavy (non-hydrogen) atoms. The summed E-state index contributed by atoms with van der Waals surface area (Å²) in [4.78, 5) is 13.2. The Labute approximate surface area is 121 Å². The molecular weight excluding hydrogens is 248 g/mol. The second kappa shape index (κ2) is 5.37. The average Bonchev–Trinajstić information content (AvgIpc) is 2.39. The van der Waals surface area contributed by atoms with E-state index in [2.05, 4.69) is 20.8 Å². The first-order chi connectivity index (χ1) is 9.39. The van der Waals surface area contributed by atoms with Gasteiger partial charge in [-0.3, -0.25) is 4.90 Å². The lowest BCUT2D eigenvalue weighted by molar-refractivity contribution is 0.256. The molecule has 0 aromatic heterocycles. The van der Waals surface area contributed by atoms with Crippen molar-refractivity contribution in [1.29, 1.82) is 0 Å². The molecule has 0 fully saturated rings. The molecule has 0 unspecified atom stereocenters. The summed E-state index contributed by atoms with van der Waals surface area (Å²) in [6.07, 6.45) is 0. The predicted molar refractivity (Wildman–Crippen MR) is 84.4 cm³/mol. The minimum atomic E-state index is -0.486. The highest BCUT2D eigenvalue weighted by atomic mass is 16.2. The molecule has 0 bridgehead atoms. The Morgan fingerprint density at radius 2 is 1.45 bits per heavy atom. The first-order valence-corrected chi connectivity index (χ1v) is 6.65. The van der Waals surface area contributed by atoms with Gasteiger partial charge in [0, 0.05) is 0 Å². The van der Waals surface area contributed by atoms with Gasteiger partial charge in [-0.1, -0.05) is 51.1 Å². The topological polar surface area (TPSA) is 46.3 Å². The molecule has 0 aliphatic carbocycles. The number of carbonyl (C=O) groups is 1. The van der Waals surface area contributed by atoms with Gasteiger partial charge in [0.2, 0.25) is 0 Å². The molecule has 104 valence electrons. The van der Waals surface area contributed by atoms with E-state index in [-0.39, 0.29) is 6.84 Å². The van der Waals surface area contributed by atoms with Gasteiger partial charge in [-0.25, -0.2) is 4.79 Å². The van der Waals surface area contributed by atoms with Crippen LogP contribution in [0.3, 0.4) is 0 Å².